The van der Waals surface area contributed by atoms with Crippen LogP contribution in [0.1, 0.15) is 11.3 Å². The second kappa shape index (κ2) is 8.45. The molecule has 0 atom stereocenters. The van der Waals surface area contributed by atoms with Crippen LogP contribution in [0, 0.1) is 5.82 Å². The minimum atomic E-state index is -0.306. The van der Waals surface area contributed by atoms with Crippen LogP contribution in [-0.2, 0) is 13.0 Å². The molecule has 0 radical (unpaired) electrons. The van der Waals surface area contributed by atoms with Crippen LogP contribution in [0.4, 0.5) is 4.39 Å². The zero-order valence-electron chi connectivity index (χ0n) is 16.6. The predicted octanol–water partition coefficient (Wildman–Crippen LogP) is 5.32. The molecule has 29 heavy (non-hydrogen) atoms. The van der Waals surface area contributed by atoms with Crippen LogP contribution in [0.15, 0.2) is 71.3 Å². The van der Waals surface area contributed by atoms with Crippen LogP contribution in [-0.4, -0.2) is 30.6 Å². The lowest BCUT2D eigenvalue weighted by molar-refractivity contribution is 0.331. The number of aromatic nitrogens is 1. The summed E-state index contributed by atoms with van der Waals surface area (Å²) in [5.41, 5.74) is 3.27. The van der Waals surface area contributed by atoms with Crippen LogP contribution in [0.2, 0.25) is 0 Å². The van der Waals surface area contributed by atoms with E-state index in [2.05, 4.69) is 16.9 Å². The van der Waals surface area contributed by atoms with Gasteiger partial charge in [0.1, 0.15) is 11.6 Å². The van der Waals surface area contributed by atoms with Gasteiger partial charge >= 0.3 is 0 Å². The molecule has 0 amide bonds. The van der Waals surface area contributed by atoms with E-state index in [9.17, 15) is 4.39 Å². The van der Waals surface area contributed by atoms with Crippen molar-refractivity contribution in [2.24, 2.45) is 0 Å². The van der Waals surface area contributed by atoms with Gasteiger partial charge in [0.25, 0.3) is 0 Å². The number of hydrogen-bond acceptors (Lipinski definition) is 4. The average Bonchev–Trinajstić information content (AvgIpc) is 3.19. The fourth-order valence-corrected chi connectivity index (χ4v) is 3.47. The van der Waals surface area contributed by atoms with Crippen molar-refractivity contribution in [3.8, 4) is 17.1 Å². The molecule has 2 aromatic heterocycles. The summed E-state index contributed by atoms with van der Waals surface area (Å²) < 4.78 is 25.7. The van der Waals surface area contributed by atoms with Crippen molar-refractivity contribution in [2.45, 2.75) is 13.0 Å². The van der Waals surface area contributed by atoms with Crippen molar-refractivity contribution in [1.82, 2.24) is 9.88 Å². The Morgan fingerprint density at radius 2 is 1.90 bits per heavy atom. The van der Waals surface area contributed by atoms with E-state index in [1.165, 1.54) is 6.07 Å². The van der Waals surface area contributed by atoms with Crippen LogP contribution in [0.5, 0.6) is 5.75 Å². The van der Waals surface area contributed by atoms with Gasteiger partial charge in [0, 0.05) is 36.8 Å². The second-order valence-corrected chi connectivity index (χ2v) is 7.07. The van der Waals surface area contributed by atoms with E-state index >= 15 is 0 Å². The van der Waals surface area contributed by atoms with E-state index in [1.54, 1.807) is 25.3 Å². The molecule has 0 saturated heterocycles. The first kappa shape index (κ1) is 19.2. The zero-order valence-corrected chi connectivity index (χ0v) is 16.6. The first-order chi connectivity index (χ1) is 14.2. The molecule has 4 rings (SSSR count). The highest BCUT2D eigenvalue weighted by molar-refractivity contribution is 5.90. The maximum Gasteiger partial charge on any atom is 0.176 e. The maximum absolute atomic E-state index is 14.3. The van der Waals surface area contributed by atoms with E-state index in [4.69, 9.17) is 9.15 Å². The van der Waals surface area contributed by atoms with Crippen LogP contribution >= 0.6 is 0 Å². The number of benzene rings is 2. The van der Waals surface area contributed by atoms with Crippen molar-refractivity contribution < 1.29 is 13.5 Å². The number of likely N-dealkylation sites (N-methyl/N-ethyl adjacent to an activating group) is 1. The second-order valence-electron chi connectivity index (χ2n) is 7.07. The molecule has 4 aromatic rings. The molecule has 0 aliphatic carbocycles. The lowest BCUT2D eigenvalue weighted by Gasteiger charge is -2.17. The number of hydrogen-bond donors (Lipinski definition) is 0. The molecule has 0 aliphatic heterocycles. The van der Waals surface area contributed by atoms with Gasteiger partial charge in [0.05, 0.1) is 12.7 Å². The van der Waals surface area contributed by atoms with Gasteiger partial charge in [-0.25, -0.2) is 4.39 Å². The first-order valence-electron chi connectivity index (χ1n) is 9.58. The Morgan fingerprint density at radius 1 is 1.07 bits per heavy atom. The highest BCUT2D eigenvalue weighted by Crippen LogP contribution is 2.36. The smallest absolute Gasteiger partial charge is 0.176 e. The number of halogens is 1. The van der Waals surface area contributed by atoms with E-state index in [1.807, 2.05) is 42.6 Å². The standard InChI is InChI=1S/C24H23FN2O2/c1-27(14-12-18-7-5-6-13-26-18)16-17-10-11-22(28-2)24-20(17)15-23(29-24)19-8-3-4-9-21(19)25/h3-11,13,15H,12,14,16H2,1-2H3. The molecule has 0 spiro atoms. The minimum Gasteiger partial charge on any atom is -0.493 e. The number of furan rings is 1. The lowest BCUT2D eigenvalue weighted by atomic mass is 10.1. The van der Waals surface area contributed by atoms with Crippen molar-refractivity contribution >= 4 is 11.0 Å². The largest absolute Gasteiger partial charge is 0.493 e. The third kappa shape index (κ3) is 4.15. The fourth-order valence-electron chi connectivity index (χ4n) is 3.47. The number of pyridine rings is 1. The highest BCUT2D eigenvalue weighted by Gasteiger charge is 2.17. The summed E-state index contributed by atoms with van der Waals surface area (Å²) >= 11 is 0. The molecule has 2 aromatic carbocycles. The Morgan fingerprint density at radius 3 is 2.66 bits per heavy atom. The van der Waals surface area contributed by atoms with Crippen LogP contribution < -0.4 is 4.74 Å². The number of methoxy groups -OCH3 is 1. The molecule has 0 unspecified atom stereocenters. The van der Waals surface area contributed by atoms with Crippen molar-refractivity contribution in [2.75, 3.05) is 20.7 Å². The normalized spacial score (nSPS) is 11.3. The summed E-state index contributed by atoms with van der Waals surface area (Å²) in [6.07, 6.45) is 2.70. The zero-order chi connectivity index (χ0) is 20.2. The SMILES string of the molecule is COc1ccc(CN(C)CCc2ccccn2)c2cc(-c3ccccc3F)oc12. The number of ether oxygens (including phenoxy) is 1. The van der Waals surface area contributed by atoms with Gasteiger partial charge in [0.2, 0.25) is 0 Å². The van der Waals surface area contributed by atoms with E-state index in [-0.39, 0.29) is 5.82 Å². The van der Waals surface area contributed by atoms with Crippen LogP contribution in [0.25, 0.3) is 22.3 Å². The Kier molecular flexibility index (Phi) is 5.58. The molecule has 0 fully saturated rings. The molecule has 2 heterocycles. The molecule has 5 heteroatoms. The Labute approximate surface area is 169 Å². The van der Waals surface area contributed by atoms with Crippen molar-refractivity contribution in [3.63, 3.8) is 0 Å². The summed E-state index contributed by atoms with van der Waals surface area (Å²) in [5, 5.41) is 0.937. The summed E-state index contributed by atoms with van der Waals surface area (Å²) in [5.74, 6) is 0.835. The molecule has 0 aliphatic rings. The maximum atomic E-state index is 14.3. The Bertz CT molecular complexity index is 1110. The highest BCUT2D eigenvalue weighted by atomic mass is 19.1. The van der Waals surface area contributed by atoms with Crippen LogP contribution in [0.3, 0.4) is 0 Å². The van der Waals surface area contributed by atoms with Gasteiger partial charge in [-0.3, -0.25) is 4.98 Å². The van der Waals surface area contributed by atoms with E-state index < -0.39 is 0 Å². The summed E-state index contributed by atoms with van der Waals surface area (Å²) in [6, 6.07) is 18.4. The van der Waals surface area contributed by atoms with Gasteiger partial charge in [0.15, 0.2) is 11.3 Å². The number of fused-ring (bicyclic) bond motifs is 1. The van der Waals surface area contributed by atoms with Gasteiger partial charge < -0.3 is 14.1 Å². The monoisotopic (exact) mass is 390 g/mol. The topological polar surface area (TPSA) is 38.5 Å². The number of rotatable bonds is 7. The first-order valence-corrected chi connectivity index (χ1v) is 9.58. The number of nitrogens with zero attached hydrogens (tertiary/aromatic N) is 2. The Hall–Kier alpha value is -3.18. The molecule has 148 valence electrons. The molecular weight excluding hydrogens is 367 g/mol. The third-order valence-electron chi connectivity index (χ3n) is 5.01. The average molecular weight is 390 g/mol. The third-order valence-corrected chi connectivity index (χ3v) is 5.01. The van der Waals surface area contributed by atoms with Gasteiger partial charge in [-0.1, -0.05) is 24.3 Å². The van der Waals surface area contributed by atoms with Gasteiger partial charge in [-0.05, 0) is 49.0 Å². The minimum absolute atomic E-state index is 0.306. The fraction of sp³-hybridized carbons (Fsp3) is 0.208. The molecular formula is C24H23FN2O2. The van der Waals surface area contributed by atoms with E-state index in [0.29, 0.717) is 22.7 Å². The molecule has 0 N–H and O–H groups in total. The predicted molar refractivity (Wildman–Crippen MR) is 112 cm³/mol. The summed E-state index contributed by atoms with van der Waals surface area (Å²) in [7, 11) is 3.69. The molecule has 4 nitrogen and oxygen atoms in total. The van der Waals surface area contributed by atoms with Gasteiger partial charge in [-0.2, -0.15) is 0 Å². The van der Waals surface area contributed by atoms with Crippen molar-refractivity contribution in [1.29, 1.82) is 0 Å². The summed E-state index contributed by atoms with van der Waals surface area (Å²) in [4.78, 5) is 6.62. The summed E-state index contributed by atoms with van der Waals surface area (Å²) in [6.45, 7) is 1.62. The van der Waals surface area contributed by atoms with E-state index in [0.717, 1.165) is 36.2 Å². The molecule has 0 saturated carbocycles. The van der Waals surface area contributed by atoms with Gasteiger partial charge in [-0.15, -0.1) is 0 Å². The molecule has 0 bridgehead atoms. The quantitative estimate of drug-likeness (QED) is 0.428. The lowest BCUT2D eigenvalue weighted by Crippen LogP contribution is -2.21. The van der Waals surface area contributed by atoms with Crippen molar-refractivity contribution in [3.05, 3.63) is 83.9 Å². The Balaban J connectivity index is 1.61.